The summed E-state index contributed by atoms with van der Waals surface area (Å²) in [6.45, 7) is 2.23. The second-order valence-corrected chi connectivity index (χ2v) is 8.20. The van der Waals surface area contributed by atoms with Gasteiger partial charge in [0.15, 0.2) is 0 Å². The van der Waals surface area contributed by atoms with E-state index in [1.54, 1.807) is 12.1 Å². The van der Waals surface area contributed by atoms with Gasteiger partial charge in [-0.2, -0.15) is 0 Å². The highest BCUT2D eigenvalue weighted by Gasteiger charge is 2.32. The first kappa shape index (κ1) is 20.6. The molecule has 2 N–H and O–H groups in total. The summed E-state index contributed by atoms with van der Waals surface area (Å²) in [5, 5.41) is 10.2. The van der Waals surface area contributed by atoms with Gasteiger partial charge >= 0.3 is 6.16 Å². The van der Waals surface area contributed by atoms with Gasteiger partial charge in [0.2, 0.25) is 0 Å². The molecule has 0 fully saturated rings. The Morgan fingerprint density at radius 3 is 2.15 bits per heavy atom. The molecule has 0 aliphatic rings. The summed E-state index contributed by atoms with van der Waals surface area (Å²) in [6.07, 6.45) is -1.32. The Morgan fingerprint density at radius 2 is 1.42 bits per heavy atom. The average molecular weight is 434 g/mol. The van der Waals surface area contributed by atoms with E-state index < -0.39 is 11.6 Å². The predicted molar refractivity (Wildman–Crippen MR) is 131 cm³/mol. The second-order valence-electron chi connectivity index (χ2n) is 8.20. The van der Waals surface area contributed by atoms with E-state index in [0.717, 1.165) is 27.9 Å². The molecule has 0 amide bonds. The molecule has 5 rings (SSSR count). The number of carbonyl (C=O) groups is 1. The number of hydrogen-bond donors (Lipinski definition) is 2. The first-order chi connectivity index (χ1) is 16.1. The second kappa shape index (κ2) is 8.32. The van der Waals surface area contributed by atoms with Crippen molar-refractivity contribution in [3.63, 3.8) is 0 Å². The third kappa shape index (κ3) is 3.76. The first-order valence-corrected chi connectivity index (χ1v) is 10.8. The largest absolute Gasteiger partial charge is 0.511 e. The van der Waals surface area contributed by atoms with Crippen LogP contribution in [0.4, 0.5) is 4.79 Å². The van der Waals surface area contributed by atoms with E-state index >= 15 is 0 Å². The summed E-state index contributed by atoms with van der Waals surface area (Å²) in [6, 6.07) is 36.3. The minimum absolute atomic E-state index is 0.319. The topological polar surface area (TPSA) is 62.3 Å². The van der Waals surface area contributed by atoms with E-state index in [2.05, 4.69) is 66.5 Å². The number of hydrogen-bond acceptors (Lipinski definition) is 2. The third-order valence-electron chi connectivity index (χ3n) is 6.28. The van der Waals surface area contributed by atoms with Crippen molar-refractivity contribution in [1.82, 2.24) is 4.98 Å². The van der Waals surface area contributed by atoms with E-state index in [1.807, 2.05) is 42.5 Å². The van der Waals surface area contributed by atoms with Crippen LogP contribution in [-0.2, 0) is 5.41 Å². The molecule has 0 saturated carbocycles. The molecule has 0 saturated heterocycles. The molecule has 0 aliphatic heterocycles. The highest BCUT2D eigenvalue weighted by molar-refractivity contribution is 5.81. The van der Waals surface area contributed by atoms with Crippen LogP contribution in [0.1, 0.15) is 23.7 Å². The van der Waals surface area contributed by atoms with Crippen LogP contribution in [0.15, 0.2) is 109 Å². The van der Waals surface area contributed by atoms with Crippen molar-refractivity contribution in [3.05, 3.63) is 126 Å². The van der Waals surface area contributed by atoms with Crippen LogP contribution >= 0.6 is 0 Å². The van der Waals surface area contributed by atoms with E-state index in [-0.39, 0.29) is 0 Å². The molecule has 162 valence electrons. The van der Waals surface area contributed by atoms with Gasteiger partial charge in [-0.05, 0) is 47.2 Å². The number of fused-ring (bicyclic) bond motifs is 1. The summed E-state index contributed by atoms with van der Waals surface area (Å²) < 4.78 is 4.98. The molecular weight excluding hydrogens is 410 g/mol. The maximum absolute atomic E-state index is 11.1. The lowest BCUT2D eigenvalue weighted by atomic mass is 9.73. The molecule has 1 aromatic heterocycles. The maximum Gasteiger partial charge on any atom is 0.511 e. The number of ether oxygens (including phenoxy) is 1. The van der Waals surface area contributed by atoms with Gasteiger partial charge in [-0.15, -0.1) is 0 Å². The Morgan fingerprint density at radius 1 is 0.788 bits per heavy atom. The predicted octanol–water partition coefficient (Wildman–Crippen LogP) is 7.25. The van der Waals surface area contributed by atoms with E-state index in [1.165, 1.54) is 10.9 Å². The van der Waals surface area contributed by atoms with Crippen LogP contribution < -0.4 is 4.74 Å². The van der Waals surface area contributed by atoms with Crippen molar-refractivity contribution < 1.29 is 14.6 Å². The molecule has 1 atom stereocenters. The van der Waals surface area contributed by atoms with Crippen molar-refractivity contribution in [2.75, 3.05) is 0 Å². The molecule has 0 spiro atoms. The Labute approximate surface area is 192 Å². The standard InChI is InChI=1S/C29H23NO3/c1-29(22-10-3-2-4-11-22,27-19-21-9-5-7-13-25(21)30-27)23-17-15-20(16-18-23)24-12-6-8-14-26(24)33-28(31)32/h2-19,30H,1H3,(H,31,32). The minimum atomic E-state index is -1.32. The molecule has 4 heteroatoms. The molecule has 4 nitrogen and oxygen atoms in total. The highest BCUT2D eigenvalue weighted by Crippen LogP contribution is 2.40. The van der Waals surface area contributed by atoms with Gasteiger partial charge in [-0.25, -0.2) is 4.79 Å². The number of para-hydroxylation sites is 2. The fraction of sp³-hybridized carbons (Fsp3) is 0.0690. The molecular formula is C29H23NO3. The summed E-state index contributed by atoms with van der Waals surface area (Å²) in [5.41, 5.74) is 5.74. The molecule has 33 heavy (non-hydrogen) atoms. The number of carboxylic acid groups (broad SMARTS) is 1. The van der Waals surface area contributed by atoms with Gasteiger partial charge in [0, 0.05) is 16.8 Å². The van der Waals surface area contributed by atoms with Gasteiger partial charge < -0.3 is 14.8 Å². The summed E-state index contributed by atoms with van der Waals surface area (Å²) >= 11 is 0. The van der Waals surface area contributed by atoms with Crippen LogP contribution in [0.25, 0.3) is 22.0 Å². The van der Waals surface area contributed by atoms with Crippen LogP contribution in [0.2, 0.25) is 0 Å². The SMILES string of the molecule is CC(c1ccccc1)(c1ccc(-c2ccccc2OC(=O)O)cc1)c1cc2ccccc2[nH]1. The van der Waals surface area contributed by atoms with E-state index in [0.29, 0.717) is 5.75 Å². The zero-order chi connectivity index (χ0) is 22.8. The Balaban J connectivity index is 1.62. The molecule has 4 aromatic carbocycles. The summed E-state index contributed by atoms with van der Waals surface area (Å²) in [5.74, 6) is 0.319. The average Bonchev–Trinajstić information content (AvgIpc) is 3.29. The number of aromatic nitrogens is 1. The quantitative estimate of drug-likeness (QED) is 0.227. The molecule has 5 aromatic rings. The smallest absolute Gasteiger partial charge is 0.449 e. The monoisotopic (exact) mass is 433 g/mol. The molecule has 0 bridgehead atoms. The Kier molecular flexibility index (Phi) is 5.19. The maximum atomic E-state index is 11.1. The van der Waals surface area contributed by atoms with Crippen molar-refractivity contribution >= 4 is 17.1 Å². The fourth-order valence-electron chi connectivity index (χ4n) is 4.46. The van der Waals surface area contributed by atoms with Crippen molar-refractivity contribution in [1.29, 1.82) is 0 Å². The van der Waals surface area contributed by atoms with E-state index in [9.17, 15) is 4.79 Å². The number of rotatable bonds is 5. The van der Waals surface area contributed by atoms with Crippen LogP contribution in [-0.4, -0.2) is 16.2 Å². The zero-order valence-electron chi connectivity index (χ0n) is 18.2. The van der Waals surface area contributed by atoms with E-state index in [4.69, 9.17) is 9.84 Å². The van der Waals surface area contributed by atoms with Gasteiger partial charge in [0.05, 0.1) is 5.41 Å². The third-order valence-corrected chi connectivity index (χ3v) is 6.28. The zero-order valence-corrected chi connectivity index (χ0v) is 18.2. The van der Waals surface area contributed by atoms with Gasteiger partial charge in [-0.1, -0.05) is 91.0 Å². The molecule has 1 unspecified atom stereocenters. The first-order valence-electron chi connectivity index (χ1n) is 10.8. The number of aromatic amines is 1. The van der Waals surface area contributed by atoms with Crippen molar-refractivity contribution in [2.24, 2.45) is 0 Å². The molecule has 1 heterocycles. The van der Waals surface area contributed by atoms with Crippen molar-refractivity contribution in [2.45, 2.75) is 12.3 Å². The van der Waals surface area contributed by atoms with Gasteiger partial charge in [0.25, 0.3) is 0 Å². The lowest BCUT2D eigenvalue weighted by Crippen LogP contribution is -2.25. The lowest BCUT2D eigenvalue weighted by molar-refractivity contribution is 0.144. The normalized spacial score (nSPS) is 12.9. The van der Waals surface area contributed by atoms with Gasteiger partial charge in [0.1, 0.15) is 5.75 Å². The van der Waals surface area contributed by atoms with Gasteiger partial charge in [-0.3, -0.25) is 0 Å². The Bertz CT molecular complexity index is 1390. The summed E-state index contributed by atoms with van der Waals surface area (Å²) in [4.78, 5) is 14.7. The number of benzene rings is 4. The lowest BCUT2D eigenvalue weighted by Gasteiger charge is -2.30. The molecule has 0 aliphatic carbocycles. The van der Waals surface area contributed by atoms with Crippen LogP contribution in [0.5, 0.6) is 5.75 Å². The van der Waals surface area contributed by atoms with Crippen LogP contribution in [0, 0.1) is 0 Å². The minimum Gasteiger partial charge on any atom is -0.449 e. The summed E-state index contributed by atoms with van der Waals surface area (Å²) in [7, 11) is 0. The van der Waals surface area contributed by atoms with Crippen molar-refractivity contribution in [3.8, 4) is 16.9 Å². The highest BCUT2D eigenvalue weighted by atomic mass is 16.7. The Hall–Kier alpha value is -4.31. The number of H-pyrrole nitrogens is 1. The molecule has 0 radical (unpaired) electrons. The number of nitrogens with one attached hydrogen (secondary N) is 1. The fourth-order valence-corrected chi connectivity index (χ4v) is 4.46. The van der Waals surface area contributed by atoms with Crippen LogP contribution in [0.3, 0.4) is 0 Å².